The Labute approximate surface area is 109 Å². The lowest BCUT2D eigenvalue weighted by Gasteiger charge is -2.06. The topological polar surface area (TPSA) is 161 Å². The zero-order valence-corrected chi connectivity index (χ0v) is 10.3. The van der Waals surface area contributed by atoms with E-state index in [9.17, 15) is 19.2 Å². The number of carbonyl (C=O) groups excluding carboxylic acids is 2. The van der Waals surface area contributed by atoms with Crippen LogP contribution in [0.2, 0.25) is 0 Å². The summed E-state index contributed by atoms with van der Waals surface area (Å²) in [6.07, 6.45) is 0.0700. The van der Waals surface area contributed by atoms with E-state index in [4.69, 9.17) is 21.7 Å². The summed E-state index contributed by atoms with van der Waals surface area (Å²) in [5, 5.41) is 17.0. The van der Waals surface area contributed by atoms with E-state index in [1.165, 1.54) is 6.92 Å². The molecular formula is C11H16N2O6. The van der Waals surface area contributed by atoms with E-state index < -0.39 is 48.4 Å². The molecule has 0 bridgehead atoms. The van der Waals surface area contributed by atoms with Crippen molar-refractivity contribution in [1.29, 1.82) is 0 Å². The van der Waals surface area contributed by atoms with Crippen molar-refractivity contribution in [1.82, 2.24) is 0 Å². The minimum absolute atomic E-state index is 0.0132. The predicted molar refractivity (Wildman–Crippen MR) is 64.2 cm³/mol. The number of hydrogen-bond donors (Lipinski definition) is 4. The molecular weight excluding hydrogens is 256 g/mol. The molecule has 8 heteroatoms. The molecule has 106 valence electrons. The molecule has 2 atom stereocenters. The molecule has 0 aromatic carbocycles. The molecule has 0 aliphatic heterocycles. The Morgan fingerprint density at radius 3 is 1.84 bits per heavy atom. The van der Waals surface area contributed by atoms with Gasteiger partial charge in [0.25, 0.3) is 0 Å². The summed E-state index contributed by atoms with van der Waals surface area (Å²) in [6.45, 7) is 1.32. The van der Waals surface area contributed by atoms with Gasteiger partial charge in [-0.05, 0) is 18.6 Å². The van der Waals surface area contributed by atoms with Gasteiger partial charge in [0.2, 0.25) is 0 Å². The molecule has 0 saturated carbocycles. The van der Waals surface area contributed by atoms with Crippen LogP contribution in [0.15, 0.2) is 11.6 Å². The number of allylic oxidation sites excluding steroid dienone is 2. The minimum Gasteiger partial charge on any atom is -0.480 e. The molecule has 19 heavy (non-hydrogen) atoms. The maximum atomic E-state index is 11.5. The molecule has 0 aromatic rings. The van der Waals surface area contributed by atoms with Crippen LogP contribution in [0.4, 0.5) is 0 Å². The third kappa shape index (κ3) is 6.43. The Morgan fingerprint density at radius 1 is 1.00 bits per heavy atom. The summed E-state index contributed by atoms with van der Waals surface area (Å²) in [5.41, 5.74) is 10.3. The van der Waals surface area contributed by atoms with Gasteiger partial charge in [0.15, 0.2) is 11.6 Å². The average Bonchev–Trinajstić information content (AvgIpc) is 2.27. The smallest absolute Gasteiger partial charge is 0.320 e. The SMILES string of the molecule is C/C(=C/C(=O)CC(N)C(=O)O)C(=O)CC(N)C(=O)O. The second-order valence-electron chi connectivity index (χ2n) is 4.01. The number of aliphatic carboxylic acids is 2. The first-order valence-corrected chi connectivity index (χ1v) is 5.36. The second-order valence-corrected chi connectivity index (χ2v) is 4.01. The van der Waals surface area contributed by atoms with Gasteiger partial charge in [0, 0.05) is 12.8 Å². The monoisotopic (exact) mass is 272 g/mol. The first kappa shape index (κ1) is 16.9. The third-order valence-corrected chi connectivity index (χ3v) is 2.28. The van der Waals surface area contributed by atoms with E-state index in [-0.39, 0.29) is 5.57 Å². The quantitative estimate of drug-likeness (QED) is 0.395. The van der Waals surface area contributed by atoms with Crippen LogP contribution in [0, 0.1) is 0 Å². The highest BCUT2D eigenvalue weighted by Crippen LogP contribution is 2.04. The Bertz CT molecular complexity index is 429. The molecule has 0 aromatic heterocycles. The van der Waals surface area contributed by atoms with Crippen molar-refractivity contribution in [2.75, 3.05) is 0 Å². The number of hydrogen-bond acceptors (Lipinski definition) is 6. The summed E-state index contributed by atoms with van der Waals surface area (Å²) in [5.74, 6) is -3.85. The van der Waals surface area contributed by atoms with Crippen molar-refractivity contribution >= 4 is 23.5 Å². The van der Waals surface area contributed by atoms with Gasteiger partial charge in [-0.3, -0.25) is 19.2 Å². The second kappa shape index (κ2) is 7.39. The lowest BCUT2D eigenvalue weighted by Crippen LogP contribution is -2.33. The number of rotatable bonds is 8. The summed E-state index contributed by atoms with van der Waals surface area (Å²) >= 11 is 0. The fourth-order valence-electron chi connectivity index (χ4n) is 1.13. The highest BCUT2D eigenvalue weighted by molar-refractivity contribution is 6.04. The van der Waals surface area contributed by atoms with E-state index in [1.807, 2.05) is 0 Å². The summed E-state index contributed by atoms with van der Waals surface area (Å²) < 4.78 is 0. The van der Waals surface area contributed by atoms with Crippen LogP contribution in [-0.2, 0) is 19.2 Å². The number of ketones is 2. The van der Waals surface area contributed by atoms with Crippen LogP contribution >= 0.6 is 0 Å². The Kier molecular flexibility index (Phi) is 6.59. The van der Waals surface area contributed by atoms with E-state index >= 15 is 0 Å². The van der Waals surface area contributed by atoms with Gasteiger partial charge in [-0.1, -0.05) is 0 Å². The molecule has 0 radical (unpaired) electrons. The van der Waals surface area contributed by atoms with Crippen molar-refractivity contribution in [2.24, 2.45) is 11.5 Å². The molecule has 0 heterocycles. The van der Waals surface area contributed by atoms with Crippen LogP contribution in [0.1, 0.15) is 19.8 Å². The van der Waals surface area contributed by atoms with Gasteiger partial charge >= 0.3 is 11.9 Å². The van der Waals surface area contributed by atoms with Gasteiger partial charge < -0.3 is 21.7 Å². The summed E-state index contributed by atoms with van der Waals surface area (Å²) in [6, 6.07) is -2.68. The number of carboxylic acids is 2. The van der Waals surface area contributed by atoms with Crippen LogP contribution in [0.5, 0.6) is 0 Å². The summed E-state index contributed by atoms with van der Waals surface area (Å²) in [7, 11) is 0. The fraction of sp³-hybridized carbons (Fsp3) is 0.455. The summed E-state index contributed by atoms with van der Waals surface area (Å²) in [4.78, 5) is 43.8. The molecule has 6 N–H and O–H groups in total. The maximum absolute atomic E-state index is 11.5. The lowest BCUT2D eigenvalue weighted by atomic mass is 10.0. The van der Waals surface area contributed by atoms with Gasteiger partial charge in [-0.2, -0.15) is 0 Å². The standard InChI is InChI=1S/C11H16N2O6/c1-5(9(15)4-8(13)11(18)19)2-6(14)3-7(12)10(16)17/h2,7-8H,3-4,12-13H2,1H3,(H,16,17)(H,18,19)/b5-2-. The molecule has 0 spiro atoms. The van der Waals surface area contributed by atoms with Crippen molar-refractivity contribution < 1.29 is 29.4 Å². The molecule has 0 aliphatic rings. The molecule has 0 saturated heterocycles. The minimum atomic E-state index is -1.34. The van der Waals surface area contributed by atoms with E-state index in [0.717, 1.165) is 6.08 Å². The van der Waals surface area contributed by atoms with Gasteiger partial charge in [-0.15, -0.1) is 0 Å². The van der Waals surface area contributed by atoms with Crippen molar-refractivity contribution in [3.8, 4) is 0 Å². The maximum Gasteiger partial charge on any atom is 0.320 e. The number of carbonyl (C=O) groups is 4. The lowest BCUT2D eigenvalue weighted by molar-refractivity contribution is -0.140. The van der Waals surface area contributed by atoms with Crippen molar-refractivity contribution in [3.63, 3.8) is 0 Å². The first-order valence-electron chi connectivity index (χ1n) is 5.36. The van der Waals surface area contributed by atoms with Gasteiger partial charge in [-0.25, -0.2) is 0 Å². The van der Waals surface area contributed by atoms with Gasteiger partial charge in [0.1, 0.15) is 12.1 Å². The number of Topliss-reactive ketones (excluding diaryl/α,β-unsaturated/α-hetero) is 1. The molecule has 8 nitrogen and oxygen atoms in total. The Morgan fingerprint density at radius 2 is 1.42 bits per heavy atom. The third-order valence-electron chi connectivity index (χ3n) is 2.28. The average molecular weight is 272 g/mol. The van der Waals surface area contributed by atoms with Crippen molar-refractivity contribution in [3.05, 3.63) is 11.6 Å². The van der Waals surface area contributed by atoms with E-state index in [1.54, 1.807) is 0 Å². The Balaban J connectivity index is 4.55. The highest BCUT2D eigenvalue weighted by Gasteiger charge is 2.19. The molecule has 0 fully saturated rings. The van der Waals surface area contributed by atoms with Gasteiger partial charge in [0.05, 0.1) is 0 Å². The predicted octanol–water partition coefficient (Wildman–Crippen LogP) is -1.33. The van der Waals surface area contributed by atoms with E-state index in [0.29, 0.717) is 0 Å². The molecule has 0 aliphatic carbocycles. The zero-order chi connectivity index (χ0) is 15.2. The van der Waals surface area contributed by atoms with Crippen molar-refractivity contribution in [2.45, 2.75) is 31.8 Å². The van der Waals surface area contributed by atoms with Crippen LogP contribution in [0.3, 0.4) is 0 Å². The first-order chi connectivity index (χ1) is 8.65. The fourth-order valence-corrected chi connectivity index (χ4v) is 1.13. The normalized spacial score (nSPS) is 14.6. The number of nitrogens with two attached hydrogens (primary N) is 2. The highest BCUT2D eigenvalue weighted by atomic mass is 16.4. The van der Waals surface area contributed by atoms with E-state index in [2.05, 4.69) is 0 Å². The zero-order valence-electron chi connectivity index (χ0n) is 10.3. The van der Waals surface area contributed by atoms with Crippen LogP contribution < -0.4 is 11.5 Å². The van der Waals surface area contributed by atoms with Crippen LogP contribution in [-0.4, -0.2) is 45.8 Å². The number of carboxylic acid groups (broad SMARTS) is 2. The van der Waals surface area contributed by atoms with Crippen LogP contribution in [0.25, 0.3) is 0 Å². The molecule has 0 amide bonds. The Hall–Kier alpha value is -2.06. The molecule has 0 rings (SSSR count). The largest absolute Gasteiger partial charge is 0.480 e. The molecule has 2 unspecified atom stereocenters.